The zero-order chi connectivity index (χ0) is 8.39. The van der Waals surface area contributed by atoms with E-state index in [9.17, 15) is 4.79 Å². The summed E-state index contributed by atoms with van der Waals surface area (Å²) in [5, 5.41) is 3.34. The third-order valence-corrected chi connectivity index (χ3v) is 3.22. The Hall–Kier alpha value is -0.670. The van der Waals surface area contributed by atoms with Gasteiger partial charge >= 0.3 is 0 Å². The Labute approximate surface area is 75.6 Å². The van der Waals surface area contributed by atoms with E-state index in [0.29, 0.717) is 0 Å². The number of carbonyl (C=O) groups excluding carboxylic acids is 1. The highest BCUT2D eigenvalue weighted by Crippen LogP contribution is 2.23. The minimum atomic E-state index is 0.865. The summed E-state index contributed by atoms with van der Waals surface area (Å²) < 4.78 is 0. The molecule has 3 heteroatoms. The fraction of sp³-hybridized carbons (Fsp3) is 0.444. The first kappa shape index (κ1) is 7.95. The maximum Gasteiger partial charge on any atom is 0.160 e. The molecule has 0 atom stereocenters. The quantitative estimate of drug-likeness (QED) is 0.667. The van der Waals surface area contributed by atoms with E-state index in [1.165, 1.54) is 16.9 Å². The van der Waals surface area contributed by atoms with Crippen LogP contribution in [0.1, 0.15) is 26.5 Å². The number of nitrogens with one attached hydrogen (secondary N) is 1. The number of hydrogen-bond acceptors (Lipinski definition) is 3. The molecule has 0 aliphatic carbocycles. The lowest BCUT2D eigenvalue weighted by Gasteiger charge is -1.94. The maximum absolute atomic E-state index is 10.5. The molecule has 2 nitrogen and oxygen atoms in total. The summed E-state index contributed by atoms with van der Waals surface area (Å²) in [6, 6.07) is 2.03. The molecule has 0 radical (unpaired) electrons. The Morgan fingerprint density at radius 2 is 2.50 bits per heavy atom. The molecule has 0 aromatic carbocycles. The molecule has 2 heterocycles. The summed E-state index contributed by atoms with van der Waals surface area (Å²) >= 11 is 1.62. The van der Waals surface area contributed by atoms with Crippen LogP contribution < -0.4 is 5.32 Å². The molecule has 0 unspecified atom stereocenters. The summed E-state index contributed by atoms with van der Waals surface area (Å²) in [5.74, 6) is 0. The van der Waals surface area contributed by atoms with Crippen molar-refractivity contribution in [3.8, 4) is 0 Å². The second-order valence-corrected chi connectivity index (χ2v) is 4.16. The fourth-order valence-corrected chi connectivity index (χ4v) is 2.51. The van der Waals surface area contributed by atoms with Crippen molar-refractivity contribution in [2.24, 2.45) is 0 Å². The predicted octanol–water partition coefficient (Wildman–Crippen LogP) is 1.60. The standard InChI is InChI=1S/C9H11NOS/c11-6-8-4-7-2-1-3-10-5-9(7)12-8/h4,6,10H,1-3,5H2. The highest BCUT2D eigenvalue weighted by molar-refractivity contribution is 7.13. The van der Waals surface area contributed by atoms with Crippen molar-refractivity contribution >= 4 is 17.6 Å². The highest BCUT2D eigenvalue weighted by atomic mass is 32.1. The van der Waals surface area contributed by atoms with Crippen molar-refractivity contribution in [1.82, 2.24) is 5.32 Å². The van der Waals surface area contributed by atoms with Crippen LogP contribution in [0.25, 0.3) is 0 Å². The zero-order valence-corrected chi connectivity index (χ0v) is 7.62. The number of hydrogen-bond donors (Lipinski definition) is 1. The van der Waals surface area contributed by atoms with Crippen molar-refractivity contribution < 1.29 is 4.79 Å². The van der Waals surface area contributed by atoms with Crippen molar-refractivity contribution in [2.75, 3.05) is 6.54 Å². The molecule has 0 fully saturated rings. The normalized spacial score (nSPS) is 16.7. The van der Waals surface area contributed by atoms with E-state index in [-0.39, 0.29) is 0 Å². The zero-order valence-electron chi connectivity index (χ0n) is 6.80. The van der Waals surface area contributed by atoms with Gasteiger partial charge in [-0.2, -0.15) is 0 Å². The molecule has 1 N–H and O–H groups in total. The second kappa shape index (κ2) is 3.37. The molecule has 2 rings (SSSR count). The number of rotatable bonds is 1. The van der Waals surface area contributed by atoms with Crippen LogP contribution >= 0.6 is 11.3 Å². The molecular weight excluding hydrogens is 170 g/mol. The van der Waals surface area contributed by atoms with Gasteiger partial charge in [-0.05, 0) is 31.0 Å². The first-order chi connectivity index (χ1) is 5.90. The summed E-state index contributed by atoms with van der Waals surface area (Å²) in [4.78, 5) is 12.7. The van der Waals surface area contributed by atoms with Gasteiger partial charge in [-0.25, -0.2) is 0 Å². The highest BCUT2D eigenvalue weighted by Gasteiger charge is 2.10. The van der Waals surface area contributed by atoms with Crippen LogP contribution in [0.4, 0.5) is 0 Å². The fourth-order valence-electron chi connectivity index (χ4n) is 1.51. The van der Waals surface area contributed by atoms with E-state index in [4.69, 9.17) is 0 Å². The monoisotopic (exact) mass is 181 g/mol. The van der Waals surface area contributed by atoms with Crippen LogP contribution in [0.5, 0.6) is 0 Å². The minimum Gasteiger partial charge on any atom is -0.312 e. The van der Waals surface area contributed by atoms with E-state index in [1.807, 2.05) is 6.07 Å². The molecule has 1 aliphatic rings. The average Bonchev–Trinajstić information content (AvgIpc) is 2.37. The van der Waals surface area contributed by atoms with E-state index >= 15 is 0 Å². The van der Waals surface area contributed by atoms with E-state index < -0.39 is 0 Å². The van der Waals surface area contributed by atoms with Crippen LogP contribution in [0.3, 0.4) is 0 Å². The second-order valence-electron chi connectivity index (χ2n) is 3.00. The summed E-state index contributed by atoms with van der Waals surface area (Å²) in [7, 11) is 0. The van der Waals surface area contributed by atoms with Gasteiger partial charge in [0.2, 0.25) is 0 Å². The Morgan fingerprint density at radius 3 is 3.33 bits per heavy atom. The van der Waals surface area contributed by atoms with Crippen LogP contribution in [0.15, 0.2) is 6.07 Å². The Kier molecular flexibility index (Phi) is 2.23. The lowest BCUT2D eigenvalue weighted by molar-refractivity contribution is 0.112. The van der Waals surface area contributed by atoms with Gasteiger partial charge in [0.05, 0.1) is 4.88 Å². The topological polar surface area (TPSA) is 29.1 Å². The van der Waals surface area contributed by atoms with Gasteiger partial charge in [0.25, 0.3) is 0 Å². The van der Waals surface area contributed by atoms with Gasteiger partial charge in [-0.1, -0.05) is 0 Å². The molecule has 0 bridgehead atoms. The van der Waals surface area contributed by atoms with E-state index in [2.05, 4.69) is 5.32 Å². The number of fused-ring (bicyclic) bond motifs is 1. The van der Waals surface area contributed by atoms with Gasteiger partial charge < -0.3 is 5.32 Å². The third-order valence-electron chi connectivity index (χ3n) is 2.12. The summed E-state index contributed by atoms with van der Waals surface area (Å²) in [6.45, 7) is 2.03. The SMILES string of the molecule is O=Cc1cc2c(s1)CNCCC2. The molecule has 1 aliphatic heterocycles. The number of thiophene rings is 1. The van der Waals surface area contributed by atoms with Crippen molar-refractivity contribution in [1.29, 1.82) is 0 Å². The largest absolute Gasteiger partial charge is 0.312 e. The lowest BCUT2D eigenvalue weighted by Crippen LogP contribution is -2.11. The van der Waals surface area contributed by atoms with Gasteiger partial charge in [-0.3, -0.25) is 4.79 Å². The van der Waals surface area contributed by atoms with Crippen LogP contribution in [-0.4, -0.2) is 12.8 Å². The molecule has 12 heavy (non-hydrogen) atoms. The molecule has 0 amide bonds. The van der Waals surface area contributed by atoms with E-state index in [0.717, 1.165) is 30.7 Å². The Morgan fingerprint density at radius 1 is 1.58 bits per heavy atom. The van der Waals surface area contributed by atoms with Gasteiger partial charge in [0.15, 0.2) is 6.29 Å². The maximum atomic E-state index is 10.5. The van der Waals surface area contributed by atoms with Gasteiger partial charge in [-0.15, -0.1) is 11.3 Å². The molecule has 1 aromatic heterocycles. The molecular formula is C9H11NOS. The van der Waals surface area contributed by atoms with Gasteiger partial charge in [0, 0.05) is 11.4 Å². The molecule has 0 saturated carbocycles. The van der Waals surface area contributed by atoms with Crippen LogP contribution in [-0.2, 0) is 13.0 Å². The smallest absolute Gasteiger partial charge is 0.160 e. The Balaban J connectivity index is 2.32. The van der Waals surface area contributed by atoms with Crippen molar-refractivity contribution in [3.63, 3.8) is 0 Å². The summed E-state index contributed by atoms with van der Waals surface area (Å²) in [5.41, 5.74) is 1.37. The lowest BCUT2D eigenvalue weighted by atomic mass is 10.1. The average molecular weight is 181 g/mol. The Bertz CT molecular complexity index is 269. The third kappa shape index (κ3) is 1.42. The molecule has 0 saturated heterocycles. The molecule has 0 spiro atoms. The molecule has 64 valence electrons. The first-order valence-electron chi connectivity index (χ1n) is 4.17. The van der Waals surface area contributed by atoms with Crippen LogP contribution in [0.2, 0.25) is 0 Å². The number of aryl methyl sites for hydroxylation is 1. The first-order valence-corrected chi connectivity index (χ1v) is 4.99. The van der Waals surface area contributed by atoms with Crippen molar-refractivity contribution in [2.45, 2.75) is 19.4 Å². The van der Waals surface area contributed by atoms with E-state index in [1.54, 1.807) is 11.3 Å². The van der Waals surface area contributed by atoms with Gasteiger partial charge in [0.1, 0.15) is 0 Å². The van der Waals surface area contributed by atoms with Crippen molar-refractivity contribution in [3.05, 3.63) is 21.4 Å². The predicted molar refractivity (Wildman–Crippen MR) is 49.7 cm³/mol. The number of aldehydes is 1. The molecule has 1 aromatic rings. The number of carbonyl (C=O) groups is 1. The van der Waals surface area contributed by atoms with Crippen LogP contribution in [0, 0.1) is 0 Å². The summed E-state index contributed by atoms with van der Waals surface area (Å²) in [6.07, 6.45) is 3.24. The minimum absolute atomic E-state index is 0.865.